The molecule has 0 bridgehead atoms. The van der Waals surface area contributed by atoms with Crippen molar-refractivity contribution >= 4 is 11.9 Å². The fourth-order valence-electron chi connectivity index (χ4n) is 3.71. The first-order chi connectivity index (χ1) is 15.0. The second kappa shape index (κ2) is 16.9. The van der Waals surface area contributed by atoms with Crippen LogP contribution in [0.25, 0.3) is 0 Å². The highest BCUT2D eigenvalue weighted by Gasteiger charge is 2.39. The summed E-state index contributed by atoms with van der Waals surface area (Å²) in [6, 6.07) is 0. The quantitative estimate of drug-likeness (QED) is 0.181. The molecule has 1 heterocycles. The predicted molar refractivity (Wildman–Crippen MR) is 119 cm³/mol. The Kier molecular flexibility index (Phi) is 14.8. The molecule has 0 aliphatic carbocycles. The lowest BCUT2D eigenvalue weighted by Gasteiger charge is -2.17. The lowest BCUT2D eigenvalue weighted by Crippen LogP contribution is -2.33. The molecule has 0 aromatic carbocycles. The van der Waals surface area contributed by atoms with Crippen LogP contribution in [0.15, 0.2) is 11.5 Å². The molecule has 1 rings (SSSR count). The van der Waals surface area contributed by atoms with Crippen LogP contribution in [0.4, 0.5) is 0 Å². The van der Waals surface area contributed by atoms with Crippen molar-refractivity contribution in [1.82, 2.24) is 0 Å². The Morgan fingerprint density at radius 2 is 1.32 bits per heavy atom. The summed E-state index contributed by atoms with van der Waals surface area (Å²) in [5.74, 6) is -3.21. The van der Waals surface area contributed by atoms with Crippen molar-refractivity contribution in [3.05, 3.63) is 11.5 Å². The van der Waals surface area contributed by atoms with Gasteiger partial charge in [-0.2, -0.15) is 0 Å². The number of ether oxygens (including phenoxy) is 2. The Balaban J connectivity index is 1.88. The van der Waals surface area contributed by atoms with Gasteiger partial charge in [-0.15, -0.1) is 0 Å². The Bertz CT molecular complexity index is 544. The van der Waals surface area contributed by atoms with E-state index in [4.69, 9.17) is 4.74 Å². The maximum absolute atomic E-state index is 11.7. The summed E-state index contributed by atoms with van der Waals surface area (Å²) in [5, 5.41) is 28.5. The fraction of sp³-hybridized carbons (Fsp3) is 0.833. The van der Waals surface area contributed by atoms with E-state index in [1.165, 1.54) is 77.0 Å². The van der Waals surface area contributed by atoms with Gasteiger partial charge in [0, 0.05) is 6.42 Å². The summed E-state index contributed by atoms with van der Waals surface area (Å²) in [6.45, 7) is 1.84. The van der Waals surface area contributed by atoms with E-state index in [-0.39, 0.29) is 6.42 Å². The van der Waals surface area contributed by atoms with Crippen molar-refractivity contribution in [2.75, 3.05) is 6.61 Å². The lowest BCUT2D eigenvalue weighted by atomic mass is 10.0. The molecule has 7 nitrogen and oxygen atoms in total. The fourth-order valence-corrected chi connectivity index (χ4v) is 3.71. The molecule has 0 saturated heterocycles. The van der Waals surface area contributed by atoms with Gasteiger partial charge in [-0.1, -0.05) is 96.8 Å². The molecule has 0 aromatic heterocycles. The van der Waals surface area contributed by atoms with Gasteiger partial charge in [0.25, 0.3) is 0 Å². The molecule has 0 aromatic rings. The van der Waals surface area contributed by atoms with Crippen LogP contribution in [0.2, 0.25) is 0 Å². The van der Waals surface area contributed by atoms with Crippen LogP contribution < -0.4 is 0 Å². The Labute approximate surface area is 186 Å². The van der Waals surface area contributed by atoms with Crippen LogP contribution in [0.5, 0.6) is 0 Å². The van der Waals surface area contributed by atoms with Crippen molar-refractivity contribution in [2.24, 2.45) is 0 Å². The van der Waals surface area contributed by atoms with Crippen LogP contribution in [0, 0.1) is 0 Å². The van der Waals surface area contributed by atoms with Crippen molar-refractivity contribution in [1.29, 1.82) is 0 Å². The third-order valence-corrected chi connectivity index (χ3v) is 5.69. The highest BCUT2D eigenvalue weighted by atomic mass is 16.6. The summed E-state index contributed by atoms with van der Waals surface area (Å²) < 4.78 is 9.57. The zero-order valence-electron chi connectivity index (χ0n) is 19.2. The first-order valence-electron chi connectivity index (χ1n) is 12.1. The number of carbonyl (C=O) groups is 2. The maximum atomic E-state index is 11.7. The Morgan fingerprint density at radius 1 is 0.871 bits per heavy atom. The number of rotatable bonds is 19. The first-order valence-corrected chi connectivity index (χ1v) is 12.1. The number of carbonyl (C=O) groups excluding carboxylic acids is 2. The molecule has 0 fully saturated rings. The third-order valence-electron chi connectivity index (χ3n) is 5.69. The second-order valence-electron chi connectivity index (χ2n) is 8.51. The van der Waals surface area contributed by atoms with E-state index in [0.717, 1.165) is 19.3 Å². The van der Waals surface area contributed by atoms with Gasteiger partial charge in [-0.25, -0.2) is 4.79 Å². The van der Waals surface area contributed by atoms with Gasteiger partial charge >= 0.3 is 11.9 Å². The van der Waals surface area contributed by atoms with Crippen molar-refractivity contribution < 1.29 is 34.4 Å². The van der Waals surface area contributed by atoms with Crippen LogP contribution >= 0.6 is 0 Å². The minimum atomic E-state index is -1.42. The van der Waals surface area contributed by atoms with Crippen LogP contribution in [-0.4, -0.2) is 46.1 Å². The van der Waals surface area contributed by atoms with E-state index in [2.05, 4.69) is 11.7 Å². The number of hydrogen-bond donors (Lipinski definition) is 3. The molecule has 0 amide bonds. The number of aliphatic hydroxyl groups is 3. The van der Waals surface area contributed by atoms with E-state index in [9.17, 15) is 24.9 Å². The number of cyclic esters (lactones) is 1. The molecule has 0 spiro atoms. The smallest absolute Gasteiger partial charge is 0.377 e. The zero-order valence-corrected chi connectivity index (χ0v) is 19.2. The average molecular weight is 443 g/mol. The molecule has 3 N–H and O–H groups in total. The minimum absolute atomic E-state index is 0.266. The minimum Gasteiger partial charge on any atom is -0.505 e. The van der Waals surface area contributed by atoms with Gasteiger partial charge in [0.05, 0.1) is 0 Å². The molecular weight excluding hydrogens is 400 g/mol. The molecule has 2 unspecified atom stereocenters. The van der Waals surface area contributed by atoms with E-state index in [1.807, 2.05) is 0 Å². The largest absolute Gasteiger partial charge is 0.505 e. The third kappa shape index (κ3) is 12.0. The molecule has 31 heavy (non-hydrogen) atoms. The Hall–Kier alpha value is -1.76. The number of hydrogen-bond acceptors (Lipinski definition) is 7. The van der Waals surface area contributed by atoms with Gasteiger partial charge in [-0.05, 0) is 6.42 Å². The lowest BCUT2D eigenvalue weighted by molar-refractivity contribution is -0.154. The molecule has 0 radical (unpaired) electrons. The van der Waals surface area contributed by atoms with Crippen molar-refractivity contribution in [3.8, 4) is 0 Å². The van der Waals surface area contributed by atoms with Gasteiger partial charge in [-0.3, -0.25) is 4.79 Å². The average Bonchev–Trinajstić information content (AvgIpc) is 3.02. The van der Waals surface area contributed by atoms with Crippen LogP contribution in [0.3, 0.4) is 0 Å². The summed E-state index contributed by atoms with van der Waals surface area (Å²) >= 11 is 0. The topological polar surface area (TPSA) is 113 Å². The summed E-state index contributed by atoms with van der Waals surface area (Å²) in [4.78, 5) is 22.8. The van der Waals surface area contributed by atoms with Gasteiger partial charge < -0.3 is 24.8 Å². The predicted octanol–water partition coefficient (Wildman–Crippen LogP) is 5.41. The number of aliphatic hydroxyl groups excluding tert-OH is 3. The summed E-state index contributed by atoms with van der Waals surface area (Å²) in [7, 11) is 0. The van der Waals surface area contributed by atoms with Crippen LogP contribution in [0.1, 0.15) is 110 Å². The van der Waals surface area contributed by atoms with E-state index < -0.39 is 42.3 Å². The van der Waals surface area contributed by atoms with E-state index in [1.54, 1.807) is 0 Å². The van der Waals surface area contributed by atoms with Gasteiger partial charge in [0.15, 0.2) is 11.9 Å². The molecule has 180 valence electrons. The monoisotopic (exact) mass is 442 g/mol. The van der Waals surface area contributed by atoms with Gasteiger partial charge in [0.1, 0.15) is 12.7 Å². The van der Waals surface area contributed by atoms with Gasteiger partial charge in [0.2, 0.25) is 5.76 Å². The standard InChI is InChI=1S/C24H42O7/c1-2-3-4-5-6-7-8-9-10-11-12-13-14-15-16-17-20(26)30-18-19(25)23-21(27)22(28)24(29)31-23/h19,23,25,27-28H,2-18H2,1H3. The summed E-state index contributed by atoms with van der Waals surface area (Å²) in [5.41, 5.74) is 0. The van der Waals surface area contributed by atoms with Crippen molar-refractivity contribution in [2.45, 2.75) is 122 Å². The summed E-state index contributed by atoms with van der Waals surface area (Å²) in [6.07, 6.45) is 16.2. The zero-order chi connectivity index (χ0) is 22.9. The van der Waals surface area contributed by atoms with Crippen LogP contribution in [-0.2, 0) is 19.1 Å². The highest BCUT2D eigenvalue weighted by molar-refractivity contribution is 5.89. The second-order valence-corrected chi connectivity index (χ2v) is 8.51. The first kappa shape index (κ1) is 27.3. The SMILES string of the molecule is CCCCCCCCCCCCCCCCCC(=O)OCC(O)C1OC(=O)C(O)=C1O. The van der Waals surface area contributed by atoms with E-state index in [0.29, 0.717) is 0 Å². The maximum Gasteiger partial charge on any atom is 0.377 e. The molecule has 1 aliphatic rings. The number of esters is 2. The normalized spacial score (nSPS) is 17.1. The highest BCUT2D eigenvalue weighted by Crippen LogP contribution is 2.21. The van der Waals surface area contributed by atoms with Crippen molar-refractivity contribution in [3.63, 3.8) is 0 Å². The number of unbranched alkanes of at least 4 members (excludes halogenated alkanes) is 14. The van der Waals surface area contributed by atoms with E-state index >= 15 is 0 Å². The molecule has 2 atom stereocenters. The molecule has 1 aliphatic heterocycles. The Morgan fingerprint density at radius 3 is 1.74 bits per heavy atom. The molecule has 7 heteroatoms. The molecule has 0 saturated carbocycles. The molecular formula is C24H42O7.